The second kappa shape index (κ2) is 8.86. The molecule has 0 unspecified atom stereocenters. The fraction of sp³-hybridized carbons (Fsp3) is 0.150. The third-order valence-corrected chi connectivity index (χ3v) is 11.2. The van der Waals surface area contributed by atoms with Crippen molar-refractivity contribution in [3.05, 3.63) is 142 Å². The summed E-state index contributed by atoms with van der Waals surface area (Å²) in [5.41, 5.74) is 7.01. The molecule has 6 aromatic rings. The Bertz CT molecular complexity index is 2290. The highest BCUT2D eigenvalue weighted by molar-refractivity contribution is 6.36. The van der Waals surface area contributed by atoms with E-state index >= 15 is 0 Å². The number of hydrogen-bond acceptors (Lipinski definition) is 6. The highest BCUT2D eigenvalue weighted by Crippen LogP contribution is 2.60. The van der Waals surface area contributed by atoms with Gasteiger partial charge >= 0.3 is 0 Å². The van der Waals surface area contributed by atoms with Gasteiger partial charge in [0.1, 0.15) is 0 Å². The normalized spacial score (nSPS) is 22.0. The minimum absolute atomic E-state index is 0.354. The zero-order chi connectivity index (χ0) is 32.7. The predicted octanol–water partition coefficient (Wildman–Crippen LogP) is 7.10. The van der Waals surface area contributed by atoms with Crippen LogP contribution in [-0.2, 0) is 10.8 Å². The van der Waals surface area contributed by atoms with Crippen LogP contribution in [-0.4, -0.2) is 33.6 Å². The molecule has 8 nitrogen and oxygen atoms in total. The highest BCUT2D eigenvalue weighted by Gasteiger charge is 2.54. The third-order valence-electron chi connectivity index (χ3n) is 11.2. The number of rotatable bonds is 2. The molecule has 230 valence electrons. The Kier molecular flexibility index (Phi) is 5.01. The summed E-state index contributed by atoms with van der Waals surface area (Å²) in [7, 11) is 0. The molecular weight excluding hydrogens is 600 g/mol. The molecule has 48 heavy (non-hydrogen) atoms. The van der Waals surface area contributed by atoms with E-state index in [2.05, 4.69) is 23.8 Å². The summed E-state index contributed by atoms with van der Waals surface area (Å²) in [5.74, 6) is -1.42. The molecule has 2 aliphatic heterocycles. The summed E-state index contributed by atoms with van der Waals surface area (Å²) in [6.07, 6.45) is 5.02. The van der Waals surface area contributed by atoms with Crippen LogP contribution in [0.25, 0.3) is 21.8 Å². The van der Waals surface area contributed by atoms with Crippen LogP contribution >= 0.6 is 0 Å². The van der Waals surface area contributed by atoms with Crippen molar-refractivity contribution in [2.75, 3.05) is 9.80 Å². The quantitative estimate of drug-likeness (QED) is 0.190. The Balaban J connectivity index is 1.09. The SMILES string of the molecule is CC12CCC(C)(c3cc4c(cc31)C(=O)N(c1ccc3ncccc3c1)C4=O)c1cc3c(cc12)C(=O)N(c1ccc2ncccc2c1)C3=O. The van der Waals surface area contributed by atoms with Gasteiger partial charge in [0.2, 0.25) is 0 Å². The van der Waals surface area contributed by atoms with Gasteiger partial charge in [0, 0.05) is 34.0 Å². The van der Waals surface area contributed by atoms with Gasteiger partial charge in [-0.25, -0.2) is 9.80 Å². The summed E-state index contributed by atoms with van der Waals surface area (Å²) < 4.78 is 0. The number of nitrogens with zero attached hydrogens (tertiary/aromatic N) is 4. The number of pyridine rings is 2. The van der Waals surface area contributed by atoms with Crippen molar-refractivity contribution in [1.82, 2.24) is 9.97 Å². The molecule has 2 aromatic heterocycles. The molecule has 4 heterocycles. The molecule has 0 fully saturated rings. The van der Waals surface area contributed by atoms with Crippen molar-refractivity contribution >= 4 is 56.8 Å². The Labute approximate surface area is 274 Å². The number of hydrogen-bond donors (Lipinski definition) is 0. The summed E-state index contributed by atoms with van der Waals surface area (Å²) >= 11 is 0. The monoisotopic (exact) mass is 626 g/mol. The Morgan fingerprint density at radius 3 is 1.21 bits per heavy atom. The van der Waals surface area contributed by atoms with E-state index in [1.54, 1.807) is 24.5 Å². The van der Waals surface area contributed by atoms with E-state index in [1.807, 2.05) is 72.8 Å². The van der Waals surface area contributed by atoms with Crippen LogP contribution in [0.3, 0.4) is 0 Å². The largest absolute Gasteiger partial charge is 0.268 e. The van der Waals surface area contributed by atoms with E-state index in [1.165, 1.54) is 9.80 Å². The van der Waals surface area contributed by atoms with Gasteiger partial charge in [0.15, 0.2) is 0 Å². The van der Waals surface area contributed by atoms with Crippen LogP contribution in [0.5, 0.6) is 0 Å². The number of fused-ring (bicyclic) bond motifs is 5. The first kappa shape index (κ1) is 27.1. The average Bonchev–Trinajstić information content (AvgIpc) is 3.51. The van der Waals surface area contributed by atoms with Gasteiger partial charge in [-0.05, 0) is 108 Å². The number of carbonyl (C=O) groups excluding carboxylic acids is 4. The van der Waals surface area contributed by atoms with Gasteiger partial charge in [0.25, 0.3) is 23.6 Å². The lowest BCUT2D eigenvalue weighted by molar-refractivity contribution is 0.0910. The van der Waals surface area contributed by atoms with Gasteiger partial charge in [-0.3, -0.25) is 29.1 Å². The van der Waals surface area contributed by atoms with Crippen molar-refractivity contribution in [1.29, 1.82) is 0 Å². The molecule has 0 saturated heterocycles. The second-order valence-corrected chi connectivity index (χ2v) is 13.7. The standard InChI is InChI=1S/C40H26N4O4/c1-39-11-12-40(2,31-19-27-25(17-29(31)39)35(45)43(37(27)47)23-7-9-33-21(15-23)5-3-13-41-33)32-20-28-26(18-30(32)39)36(46)44(38(28)48)24-8-10-34-22(16-24)6-4-14-42-34/h3-10,13-20H,11-12H2,1-2H3. The topological polar surface area (TPSA) is 101 Å². The molecule has 0 spiro atoms. The number of carbonyl (C=O) groups is 4. The van der Waals surface area contributed by atoms with Crippen molar-refractivity contribution in [2.45, 2.75) is 37.5 Å². The first-order chi connectivity index (χ1) is 23.2. The second-order valence-electron chi connectivity index (χ2n) is 13.7. The van der Waals surface area contributed by atoms with Crippen LogP contribution in [0.15, 0.2) is 97.3 Å². The van der Waals surface area contributed by atoms with Gasteiger partial charge in [-0.1, -0.05) is 26.0 Å². The number of amides is 4. The van der Waals surface area contributed by atoms with Crippen LogP contribution in [0.2, 0.25) is 0 Å². The molecule has 3 aliphatic carbocycles. The van der Waals surface area contributed by atoms with E-state index in [0.717, 1.165) is 56.9 Å². The molecule has 2 bridgehead atoms. The maximum Gasteiger partial charge on any atom is 0.266 e. The minimum atomic E-state index is -0.525. The lowest BCUT2D eigenvalue weighted by Gasteiger charge is -2.53. The molecule has 0 N–H and O–H groups in total. The number of aromatic nitrogens is 2. The zero-order valence-corrected chi connectivity index (χ0v) is 26.1. The van der Waals surface area contributed by atoms with E-state index in [9.17, 15) is 19.2 Å². The van der Waals surface area contributed by atoms with Crippen LogP contribution in [0, 0.1) is 0 Å². The molecule has 0 atom stereocenters. The Morgan fingerprint density at radius 2 is 0.854 bits per heavy atom. The Morgan fingerprint density at radius 1 is 0.500 bits per heavy atom. The number of anilines is 2. The van der Waals surface area contributed by atoms with Gasteiger partial charge < -0.3 is 0 Å². The number of imide groups is 2. The van der Waals surface area contributed by atoms with Gasteiger partial charge in [-0.15, -0.1) is 0 Å². The Hall–Kier alpha value is -6.02. The first-order valence-corrected chi connectivity index (χ1v) is 16.0. The molecule has 4 amide bonds. The molecule has 0 radical (unpaired) electrons. The smallest absolute Gasteiger partial charge is 0.266 e. The van der Waals surface area contributed by atoms with Crippen LogP contribution in [0.4, 0.5) is 11.4 Å². The van der Waals surface area contributed by atoms with Crippen molar-refractivity contribution in [3.63, 3.8) is 0 Å². The highest BCUT2D eigenvalue weighted by atomic mass is 16.2. The van der Waals surface area contributed by atoms with E-state index in [-0.39, 0.29) is 23.6 Å². The van der Waals surface area contributed by atoms with Gasteiger partial charge in [-0.2, -0.15) is 0 Å². The van der Waals surface area contributed by atoms with E-state index in [0.29, 0.717) is 33.6 Å². The summed E-state index contributed by atoms with van der Waals surface area (Å²) in [4.78, 5) is 67.0. The molecular formula is C40H26N4O4. The third kappa shape index (κ3) is 3.24. The number of benzene rings is 4. The summed E-state index contributed by atoms with van der Waals surface area (Å²) in [6, 6.07) is 25.9. The average molecular weight is 627 g/mol. The fourth-order valence-corrected chi connectivity index (χ4v) is 8.60. The molecule has 0 saturated carbocycles. The maximum atomic E-state index is 13.9. The lowest BCUT2D eigenvalue weighted by atomic mass is 9.49. The zero-order valence-electron chi connectivity index (χ0n) is 26.1. The summed E-state index contributed by atoms with van der Waals surface area (Å²) in [5, 5.41) is 1.68. The van der Waals surface area contributed by atoms with Gasteiger partial charge in [0.05, 0.1) is 44.7 Å². The van der Waals surface area contributed by atoms with Crippen LogP contribution in [0.1, 0.15) is 90.4 Å². The van der Waals surface area contributed by atoms with E-state index < -0.39 is 10.8 Å². The maximum absolute atomic E-state index is 13.9. The predicted molar refractivity (Wildman–Crippen MR) is 181 cm³/mol. The first-order valence-electron chi connectivity index (χ1n) is 16.0. The van der Waals surface area contributed by atoms with Crippen molar-refractivity contribution in [3.8, 4) is 0 Å². The molecule has 5 aliphatic rings. The molecule has 11 rings (SSSR count). The van der Waals surface area contributed by atoms with E-state index in [4.69, 9.17) is 0 Å². The van der Waals surface area contributed by atoms with Crippen molar-refractivity contribution in [2.24, 2.45) is 0 Å². The fourth-order valence-electron chi connectivity index (χ4n) is 8.60. The lowest BCUT2D eigenvalue weighted by Crippen LogP contribution is -2.46. The summed E-state index contributed by atoms with van der Waals surface area (Å²) in [6.45, 7) is 4.29. The molecule has 4 aromatic carbocycles. The molecule has 8 heteroatoms. The minimum Gasteiger partial charge on any atom is -0.268 e. The van der Waals surface area contributed by atoms with Crippen molar-refractivity contribution < 1.29 is 19.2 Å². The van der Waals surface area contributed by atoms with Crippen LogP contribution < -0.4 is 9.80 Å².